The van der Waals surface area contributed by atoms with E-state index in [1.54, 1.807) is 19.1 Å². The van der Waals surface area contributed by atoms with Gasteiger partial charge in [0, 0.05) is 6.07 Å². The number of nitro benzene ring substituents is 1. The van der Waals surface area contributed by atoms with Gasteiger partial charge in [0.2, 0.25) is 0 Å². The number of nitro groups is 1. The van der Waals surface area contributed by atoms with E-state index in [0.29, 0.717) is 12.4 Å². The molecule has 0 heterocycles. The van der Waals surface area contributed by atoms with Crippen LogP contribution in [0.1, 0.15) is 11.1 Å². The Balaban J connectivity index is 2.21. The average molecular weight is 243 g/mol. The molecular formula is C14H13NO3. The van der Waals surface area contributed by atoms with Gasteiger partial charge in [-0.2, -0.15) is 0 Å². The Kier molecular flexibility index (Phi) is 3.57. The highest BCUT2D eigenvalue weighted by Gasteiger charge is 2.16. The third-order valence-electron chi connectivity index (χ3n) is 2.61. The number of aryl methyl sites for hydroxylation is 1. The third-order valence-corrected chi connectivity index (χ3v) is 2.61. The van der Waals surface area contributed by atoms with Crippen molar-refractivity contribution in [3.05, 3.63) is 69.8 Å². The van der Waals surface area contributed by atoms with E-state index in [0.717, 1.165) is 11.1 Å². The fourth-order valence-corrected chi connectivity index (χ4v) is 1.70. The number of rotatable bonds is 4. The monoisotopic (exact) mass is 243 g/mol. The topological polar surface area (TPSA) is 52.4 Å². The van der Waals surface area contributed by atoms with Crippen LogP contribution in [0.15, 0.2) is 48.5 Å². The predicted octanol–water partition coefficient (Wildman–Crippen LogP) is 3.48. The van der Waals surface area contributed by atoms with Gasteiger partial charge in [-0.1, -0.05) is 42.5 Å². The summed E-state index contributed by atoms with van der Waals surface area (Å²) >= 11 is 0. The normalized spacial score (nSPS) is 10.1. The maximum Gasteiger partial charge on any atom is 0.311 e. The van der Waals surface area contributed by atoms with E-state index >= 15 is 0 Å². The summed E-state index contributed by atoms with van der Waals surface area (Å²) in [4.78, 5) is 10.5. The minimum Gasteiger partial charge on any atom is -0.482 e. The van der Waals surface area contributed by atoms with E-state index in [9.17, 15) is 10.1 Å². The highest BCUT2D eigenvalue weighted by atomic mass is 16.6. The molecule has 18 heavy (non-hydrogen) atoms. The highest BCUT2D eigenvalue weighted by molar-refractivity contribution is 5.51. The summed E-state index contributed by atoms with van der Waals surface area (Å²) in [7, 11) is 0. The molecule has 92 valence electrons. The first kappa shape index (κ1) is 12.1. The van der Waals surface area contributed by atoms with Crippen LogP contribution in [-0.2, 0) is 6.61 Å². The summed E-state index contributed by atoms with van der Waals surface area (Å²) in [5, 5.41) is 10.9. The van der Waals surface area contributed by atoms with Crippen LogP contribution >= 0.6 is 0 Å². The fraction of sp³-hybridized carbons (Fsp3) is 0.143. The number of nitrogens with zero attached hydrogens (tertiary/aromatic N) is 1. The van der Waals surface area contributed by atoms with Crippen LogP contribution in [0.3, 0.4) is 0 Å². The van der Waals surface area contributed by atoms with E-state index in [-0.39, 0.29) is 5.69 Å². The van der Waals surface area contributed by atoms with E-state index in [4.69, 9.17) is 4.74 Å². The first-order valence-electron chi connectivity index (χ1n) is 5.59. The molecule has 4 heteroatoms. The van der Waals surface area contributed by atoms with Crippen LogP contribution in [0.4, 0.5) is 5.69 Å². The van der Waals surface area contributed by atoms with Crippen LogP contribution < -0.4 is 4.74 Å². The molecule has 0 saturated heterocycles. The van der Waals surface area contributed by atoms with Gasteiger partial charge in [-0.25, -0.2) is 0 Å². The highest BCUT2D eigenvalue weighted by Crippen LogP contribution is 2.30. The molecule has 0 atom stereocenters. The zero-order chi connectivity index (χ0) is 13.0. The molecule has 0 aliphatic carbocycles. The Morgan fingerprint density at radius 1 is 1.11 bits per heavy atom. The minimum atomic E-state index is -0.423. The van der Waals surface area contributed by atoms with Crippen LogP contribution in [0.5, 0.6) is 5.75 Å². The smallest absolute Gasteiger partial charge is 0.311 e. The van der Waals surface area contributed by atoms with E-state index < -0.39 is 4.92 Å². The zero-order valence-electron chi connectivity index (χ0n) is 10.00. The second kappa shape index (κ2) is 5.31. The molecule has 0 saturated carbocycles. The van der Waals surface area contributed by atoms with Crippen molar-refractivity contribution >= 4 is 5.69 Å². The molecule has 0 N–H and O–H groups in total. The summed E-state index contributed by atoms with van der Waals surface area (Å²) in [6.07, 6.45) is 0. The van der Waals surface area contributed by atoms with Gasteiger partial charge in [-0.05, 0) is 18.1 Å². The number of benzene rings is 2. The minimum absolute atomic E-state index is 0.00549. The first-order valence-corrected chi connectivity index (χ1v) is 5.59. The maximum atomic E-state index is 10.9. The molecule has 2 rings (SSSR count). The van der Waals surface area contributed by atoms with Crippen molar-refractivity contribution in [1.82, 2.24) is 0 Å². The van der Waals surface area contributed by atoms with Crippen molar-refractivity contribution < 1.29 is 9.66 Å². The Morgan fingerprint density at radius 3 is 2.50 bits per heavy atom. The lowest BCUT2D eigenvalue weighted by atomic mass is 10.2. The molecule has 0 radical (unpaired) electrons. The Morgan fingerprint density at radius 2 is 1.83 bits per heavy atom. The SMILES string of the molecule is Cc1cccc([N+](=O)[O-])c1OCc1ccccc1. The van der Waals surface area contributed by atoms with Crippen LogP contribution in [0.25, 0.3) is 0 Å². The van der Waals surface area contributed by atoms with Crippen molar-refractivity contribution in [2.75, 3.05) is 0 Å². The quantitative estimate of drug-likeness (QED) is 0.610. The van der Waals surface area contributed by atoms with Crippen molar-refractivity contribution in [2.45, 2.75) is 13.5 Å². The molecule has 0 aliphatic heterocycles. The standard InChI is InChI=1S/C14H13NO3/c1-11-6-5-9-13(15(16)17)14(11)18-10-12-7-3-2-4-8-12/h2-9H,10H2,1H3. The summed E-state index contributed by atoms with van der Waals surface area (Å²) in [5.41, 5.74) is 1.75. The largest absolute Gasteiger partial charge is 0.482 e. The van der Waals surface area contributed by atoms with Gasteiger partial charge in [-0.3, -0.25) is 10.1 Å². The Labute approximate surface area is 105 Å². The maximum absolute atomic E-state index is 10.9. The molecule has 2 aromatic carbocycles. The summed E-state index contributed by atoms with van der Waals surface area (Å²) in [6.45, 7) is 2.12. The number of hydrogen-bond donors (Lipinski definition) is 0. The van der Waals surface area contributed by atoms with Crippen LogP contribution in [-0.4, -0.2) is 4.92 Å². The van der Waals surface area contributed by atoms with Crippen molar-refractivity contribution in [2.24, 2.45) is 0 Å². The van der Waals surface area contributed by atoms with E-state index in [1.165, 1.54) is 6.07 Å². The van der Waals surface area contributed by atoms with E-state index in [1.807, 2.05) is 30.3 Å². The zero-order valence-corrected chi connectivity index (χ0v) is 10.00. The molecule has 0 fully saturated rings. The van der Waals surface area contributed by atoms with Crippen molar-refractivity contribution in [3.63, 3.8) is 0 Å². The van der Waals surface area contributed by atoms with Gasteiger partial charge >= 0.3 is 5.69 Å². The van der Waals surface area contributed by atoms with Crippen LogP contribution in [0, 0.1) is 17.0 Å². The average Bonchev–Trinajstić information content (AvgIpc) is 2.38. The molecule has 4 nitrogen and oxygen atoms in total. The van der Waals surface area contributed by atoms with Gasteiger partial charge < -0.3 is 4.74 Å². The lowest BCUT2D eigenvalue weighted by Crippen LogP contribution is -2.00. The molecule has 0 amide bonds. The third kappa shape index (κ3) is 2.66. The molecule has 0 unspecified atom stereocenters. The molecule has 2 aromatic rings. The van der Waals surface area contributed by atoms with Crippen molar-refractivity contribution in [1.29, 1.82) is 0 Å². The number of para-hydroxylation sites is 1. The molecule has 0 bridgehead atoms. The Bertz CT molecular complexity index is 552. The van der Waals surface area contributed by atoms with Gasteiger partial charge in [0.1, 0.15) is 6.61 Å². The lowest BCUT2D eigenvalue weighted by molar-refractivity contribution is -0.386. The summed E-state index contributed by atoms with van der Waals surface area (Å²) in [5.74, 6) is 0.339. The second-order valence-electron chi connectivity index (χ2n) is 3.95. The van der Waals surface area contributed by atoms with Crippen LogP contribution in [0.2, 0.25) is 0 Å². The van der Waals surface area contributed by atoms with Gasteiger partial charge in [-0.15, -0.1) is 0 Å². The second-order valence-corrected chi connectivity index (χ2v) is 3.95. The number of ether oxygens (including phenoxy) is 1. The lowest BCUT2D eigenvalue weighted by Gasteiger charge is -2.09. The number of hydrogen-bond acceptors (Lipinski definition) is 3. The molecule has 0 aromatic heterocycles. The predicted molar refractivity (Wildman–Crippen MR) is 68.6 cm³/mol. The Hall–Kier alpha value is -2.36. The molecule has 0 spiro atoms. The van der Waals surface area contributed by atoms with E-state index in [2.05, 4.69) is 0 Å². The van der Waals surface area contributed by atoms with Gasteiger partial charge in [0.15, 0.2) is 5.75 Å². The van der Waals surface area contributed by atoms with Gasteiger partial charge in [0.25, 0.3) is 0 Å². The molecule has 0 aliphatic rings. The van der Waals surface area contributed by atoms with Crippen molar-refractivity contribution in [3.8, 4) is 5.75 Å². The summed E-state index contributed by atoms with van der Waals surface area (Å²) < 4.78 is 5.57. The molecular weight excluding hydrogens is 230 g/mol. The first-order chi connectivity index (χ1) is 8.68. The summed E-state index contributed by atoms with van der Waals surface area (Å²) in [6, 6.07) is 14.5. The fourth-order valence-electron chi connectivity index (χ4n) is 1.70. The van der Waals surface area contributed by atoms with Gasteiger partial charge in [0.05, 0.1) is 4.92 Å².